The van der Waals surface area contributed by atoms with Crippen molar-refractivity contribution in [1.82, 2.24) is 5.16 Å². The second kappa shape index (κ2) is 7.05. The number of aromatic nitrogens is 1. The molecule has 1 amide bonds. The summed E-state index contributed by atoms with van der Waals surface area (Å²) in [5, 5.41) is 3.95. The van der Waals surface area contributed by atoms with Crippen molar-refractivity contribution < 1.29 is 18.8 Å². The number of carbonyl (C=O) groups is 2. The number of ether oxygens (including phenoxy) is 1. The average Bonchev–Trinajstić information content (AvgIpc) is 3.12. The van der Waals surface area contributed by atoms with Crippen LogP contribution in [0.1, 0.15) is 30.5 Å². The Balaban J connectivity index is 1.56. The van der Waals surface area contributed by atoms with Crippen LogP contribution in [0, 0.1) is 6.92 Å². The molecule has 1 aliphatic heterocycles. The quantitative estimate of drug-likeness (QED) is 0.612. The molecule has 0 radical (unpaired) electrons. The molecule has 7 heteroatoms. The summed E-state index contributed by atoms with van der Waals surface area (Å²) >= 11 is 5.87. The normalized spacial score (nSPS) is 14.2. The Bertz CT molecular complexity index is 735. The van der Waals surface area contributed by atoms with Gasteiger partial charge in [0.15, 0.2) is 0 Å². The predicted molar refractivity (Wildman–Crippen MR) is 88.2 cm³/mol. The Morgan fingerprint density at radius 1 is 1.38 bits per heavy atom. The van der Waals surface area contributed by atoms with Gasteiger partial charge in [-0.2, -0.15) is 0 Å². The summed E-state index contributed by atoms with van der Waals surface area (Å²) in [6.45, 7) is 2.51. The zero-order valence-corrected chi connectivity index (χ0v) is 14.0. The van der Waals surface area contributed by atoms with E-state index in [0.29, 0.717) is 24.3 Å². The summed E-state index contributed by atoms with van der Waals surface area (Å²) in [5.74, 6) is 0.209. The minimum atomic E-state index is -0.364. The van der Waals surface area contributed by atoms with E-state index in [-0.39, 0.29) is 23.5 Å². The lowest BCUT2D eigenvalue weighted by Gasteiger charge is -2.15. The van der Waals surface area contributed by atoms with Gasteiger partial charge < -0.3 is 14.2 Å². The van der Waals surface area contributed by atoms with Crippen LogP contribution < -0.4 is 9.64 Å². The summed E-state index contributed by atoms with van der Waals surface area (Å²) < 4.78 is 10.1. The van der Waals surface area contributed by atoms with E-state index in [0.717, 1.165) is 24.2 Å². The molecule has 0 aliphatic carbocycles. The van der Waals surface area contributed by atoms with E-state index in [9.17, 15) is 9.59 Å². The molecule has 1 aromatic heterocycles. The molecule has 3 rings (SSSR count). The monoisotopic (exact) mass is 348 g/mol. The van der Waals surface area contributed by atoms with E-state index >= 15 is 0 Å². The number of halogens is 1. The van der Waals surface area contributed by atoms with Gasteiger partial charge in [0.05, 0.1) is 12.1 Å². The van der Waals surface area contributed by atoms with E-state index < -0.39 is 0 Å². The van der Waals surface area contributed by atoms with Gasteiger partial charge in [0.1, 0.15) is 5.75 Å². The van der Waals surface area contributed by atoms with Crippen molar-refractivity contribution in [3.63, 3.8) is 0 Å². The fourth-order valence-corrected chi connectivity index (χ4v) is 2.93. The summed E-state index contributed by atoms with van der Waals surface area (Å²) in [7, 11) is 0. The smallest absolute Gasteiger partial charge is 0.311 e. The molecule has 0 saturated carbocycles. The first-order valence-corrected chi connectivity index (χ1v) is 8.14. The number of amides is 1. The van der Waals surface area contributed by atoms with Crippen LogP contribution in [0.2, 0.25) is 5.22 Å². The SMILES string of the molecule is Cc1noc(Cl)c1CCC(=O)Oc1ccc(N2CCCC2=O)cc1. The van der Waals surface area contributed by atoms with Crippen molar-refractivity contribution in [3.05, 3.63) is 40.7 Å². The van der Waals surface area contributed by atoms with Gasteiger partial charge in [-0.05, 0) is 55.6 Å². The Morgan fingerprint density at radius 3 is 2.71 bits per heavy atom. The maximum absolute atomic E-state index is 11.9. The first kappa shape index (κ1) is 16.5. The number of benzene rings is 1. The lowest BCUT2D eigenvalue weighted by Crippen LogP contribution is -2.23. The lowest BCUT2D eigenvalue weighted by atomic mass is 10.1. The van der Waals surface area contributed by atoms with Crippen LogP contribution in [0.25, 0.3) is 0 Å². The van der Waals surface area contributed by atoms with E-state index in [1.807, 2.05) is 0 Å². The van der Waals surface area contributed by atoms with Crippen molar-refractivity contribution in [2.45, 2.75) is 32.6 Å². The molecule has 2 heterocycles. The zero-order chi connectivity index (χ0) is 17.1. The van der Waals surface area contributed by atoms with Crippen molar-refractivity contribution in [3.8, 4) is 5.75 Å². The molecule has 1 fully saturated rings. The van der Waals surface area contributed by atoms with Crippen LogP contribution in [0.5, 0.6) is 5.75 Å². The average molecular weight is 349 g/mol. The molecule has 126 valence electrons. The molecule has 0 atom stereocenters. The van der Waals surface area contributed by atoms with E-state index in [1.165, 1.54) is 0 Å². The van der Waals surface area contributed by atoms with Crippen LogP contribution in [0.4, 0.5) is 5.69 Å². The molecule has 0 bridgehead atoms. The van der Waals surface area contributed by atoms with Crippen LogP contribution in [0.3, 0.4) is 0 Å². The number of hydrogen-bond donors (Lipinski definition) is 0. The van der Waals surface area contributed by atoms with Crippen molar-refractivity contribution in [2.75, 3.05) is 11.4 Å². The highest BCUT2D eigenvalue weighted by Crippen LogP contribution is 2.24. The number of anilines is 1. The third-order valence-corrected chi connectivity index (χ3v) is 4.27. The molecular formula is C17H17ClN2O4. The number of rotatable bonds is 5. The Hall–Kier alpha value is -2.34. The molecule has 0 unspecified atom stereocenters. The van der Waals surface area contributed by atoms with Crippen LogP contribution in [-0.2, 0) is 16.0 Å². The van der Waals surface area contributed by atoms with Crippen LogP contribution in [-0.4, -0.2) is 23.6 Å². The minimum absolute atomic E-state index is 0.126. The highest BCUT2D eigenvalue weighted by molar-refractivity contribution is 6.29. The molecule has 0 N–H and O–H groups in total. The third kappa shape index (κ3) is 3.59. The zero-order valence-electron chi connectivity index (χ0n) is 13.3. The number of hydrogen-bond acceptors (Lipinski definition) is 5. The summed E-state index contributed by atoms with van der Waals surface area (Å²) in [5.41, 5.74) is 2.22. The predicted octanol–water partition coefficient (Wildman–Crippen LogP) is 3.30. The van der Waals surface area contributed by atoms with Gasteiger partial charge in [0.25, 0.3) is 0 Å². The summed E-state index contributed by atoms with van der Waals surface area (Å²) in [6, 6.07) is 6.95. The summed E-state index contributed by atoms with van der Waals surface area (Å²) in [4.78, 5) is 25.4. The van der Waals surface area contributed by atoms with Crippen molar-refractivity contribution >= 4 is 29.2 Å². The maximum atomic E-state index is 11.9. The lowest BCUT2D eigenvalue weighted by molar-refractivity contribution is -0.134. The largest absolute Gasteiger partial charge is 0.427 e. The van der Waals surface area contributed by atoms with Crippen LogP contribution >= 0.6 is 11.6 Å². The maximum Gasteiger partial charge on any atom is 0.311 e. The third-order valence-electron chi connectivity index (χ3n) is 3.97. The summed E-state index contributed by atoms with van der Waals surface area (Å²) in [6.07, 6.45) is 2.05. The van der Waals surface area contributed by atoms with Crippen molar-refractivity contribution in [2.24, 2.45) is 0 Å². The second-order valence-corrected chi connectivity index (χ2v) is 5.98. The molecule has 2 aromatic rings. The van der Waals surface area contributed by atoms with Gasteiger partial charge in [0, 0.05) is 24.2 Å². The van der Waals surface area contributed by atoms with Gasteiger partial charge in [-0.1, -0.05) is 5.16 Å². The van der Waals surface area contributed by atoms with E-state index in [2.05, 4.69) is 5.16 Å². The van der Waals surface area contributed by atoms with Gasteiger partial charge in [-0.15, -0.1) is 0 Å². The van der Waals surface area contributed by atoms with Gasteiger partial charge in [0.2, 0.25) is 11.1 Å². The van der Waals surface area contributed by atoms with Crippen molar-refractivity contribution in [1.29, 1.82) is 0 Å². The topological polar surface area (TPSA) is 72.6 Å². The van der Waals surface area contributed by atoms with E-state index in [1.54, 1.807) is 36.1 Å². The standard InChI is InChI=1S/C17H17ClN2O4/c1-11-14(17(18)24-19-11)8-9-16(22)23-13-6-4-12(5-7-13)20-10-2-3-15(20)21/h4-7H,2-3,8-10H2,1H3. The molecule has 0 spiro atoms. The molecular weight excluding hydrogens is 332 g/mol. The molecule has 1 aliphatic rings. The van der Waals surface area contributed by atoms with Gasteiger partial charge >= 0.3 is 5.97 Å². The minimum Gasteiger partial charge on any atom is -0.427 e. The highest BCUT2D eigenvalue weighted by Gasteiger charge is 2.21. The first-order chi connectivity index (χ1) is 11.5. The molecule has 1 saturated heterocycles. The first-order valence-electron chi connectivity index (χ1n) is 7.76. The number of esters is 1. The molecule has 6 nitrogen and oxygen atoms in total. The van der Waals surface area contributed by atoms with Crippen LogP contribution in [0.15, 0.2) is 28.8 Å². The van der Waals surface area contributed by atoms with Gasteiger partial charge in [-0.3, -0.25) is 9.59 Å². The number of nitrogens with zero attached hydrogens (tertiary/aromatic N) is 2. The highest BCUT2D eigenvalue weighted by atomic mass is 35.5. The number of carbonyl (C=O) groups excluding carboxylic acids is 2. The number of aryl methyl sites for hydroxylation is 1. The molecule has 24 heavy (non-hydrogen) atoms. The van der Waals surface area contributed by atoms with E-state index in [4.69, 9.17) is 20.9 Å². The Kier molecular flexibility index (Phi) is 4.85. The molecule has 1 aromatic carbocycles. The second-order valence-electron chi connectivity index (χ2n) is 5.64. The fraction of sp³-hybridized carbons (Fsp3) is 0.353. The fourth-order valence-electron chi connectivity index (χ4n) is 2.66. The van der Waals surface area contributed by atoms with Gasteiger partial charge in [-0.25, -0.2) is 0 Å². The Morgan fingerprint density at radius 2 is 2.12 bits per heavy atom. The Labute approximate surface area is 144 Å².